The van der Waals surface area contributed by atoms with E-state index in [1.165, 1.54) is 5.56 Å². The molecule has 1 aromatic carbocycles. The Morgan fingerprint density at radius 3 is 2.56 bits per heavy atom. The van der Waals surface area contributed by atoms with Gasteiger partial charge >= 0.3 is 0 Å². The van der Waals surface area contributed by atoms with Gasteiger partial charge in [-0.2, -0.15) is 0 Å². The van der Waals surface area contributed by atoms with Crippen LogP contribution >= 0.6 is 0 Å². The number of nitrogens with one attached hydrogen (secondary N) is 2. The quantitative estimate of drug-likeness (QED) is 0.759. The van der Waals surface area contributed by atoms with E-state index in [-0.39, 0.29) is 5.91 Å². The molecule has 3 nitrogen and oxygen atoms in total. The predicted molar refractivity (Wildman–Crippen MR) is 66.3 cm³/mol. The molecule has 3 heteroatoms. The highest BCUT2D eigenvalue weighted by Crippen LogP contribution is 1.97. The second-order valence-electron chi connectivity index (χ2n) is 4.12. The van der Waals surface area contributed by atoms with Gasteiger partial charge in [0.15, 0.2) is 0 Å². The van der Waals surface area contributed by atoms with Crippen LogP contribution in [0.25, 0.3) is 0 Å². The number of benzene rings is 1. The number of amides is 1. The van der Waals surface area contributed by atoms with Crippen molar-refractivity contribution in [3.8, 4) is 0 Å². The third kappa shape index (κ3) is 5.51. The Labute approximate surface area is 97.2 Å². The fourth-order valence-corrected chi connectivity index (χ4v) is 1.35. The van der Waals surface area contributed by atoms with Gasteiger partial charge in [0.25, 0.3) is 0 Å². The van der Waals surface area contributed by atoms with Crippen LogP contribution in [0.1, 0.15) is 19.4 Å². The third-order valence-electron chi connectivity index (χ3n) is 2.25. The molecular weight excluding hydrogens is 200 g/mol. The van der Waals surface area contributed by atoms with E-state index in [1.807, 2.05) is 32.0 Å². The first-order valence-electron chi connectivity index (χ1n) is 5.72. The number of rotatable bonds is 6. The van der Waals surface area contributed by atoms with E-state index in [4.69, 9.17) is 0 Å². The zero-order chi connectivity index (χ0) is 11.8. The minimum absolute atomic E-state index is 0.0598. The molecule has 1 rings (SSSR count). The van der Waals surface area contributed by atoms with Gasteiger partial charge < -0.3 is 10.6 Å². The molecule has 16 heavy (non-hydrogen) atoms. The van der Waals surface area contributed by atoms with Crippen molar-refractivity contribution >= 4 is 5.91 Å². The summed E-state index contributed by atoms with van der Waals surface area (Å²) in [4.78, 5) is 11.4. The molecule has 1 aromatic rings. The van der Waals surface area contributed by atoms with Gasteiger partial charge in [-0.15, -0.1) is 0 Å². The summed E-state index contributed by atoms with van der Waals surface area (Å²) < 4.78 is 0. The molecule has 0 atom stereocenters. The van der Waals surface area contributed by atoms with E-state index < -0.39 is 0 Å². The van der Waals surface area contributed by atoms with Crippen LogP contribution in [-0.4, -0.2) is 25.0 Å². The standard InChI is InChI=1S/C13H20N2O/c1-11(2)15-10-13(16)14-9-8-12-6-4-3-5-7-12/h3-7,11,15H,8-10H2,1-2H3,(H,14,16). The van der Waals surface area contributed by atoms with E-state index in [2.05, 4.69) is 22.8 Å². The SMILES string of the molecule is CC(C)NCC(=O)NCCc1ccccc1. The second-order valence-corrected chi connectivity index (χ2v) is 4.12. The lowest BCUT2D eigenvalue weighted by molar-refractivity contribution is -0.120. The van der Waals surface area contributed by atoms with Gasteiger partial charge in [-0.05, 0) is 12.0 Å². The van der Waals surface area contributed by atoms with Crippen molar-refractivity contribution in [1.29, 1.82) is 0 Å². The molecule has 0 spiro atoms. The number of carbonyl (C=O) groups is 1. The summed E-state index contributed by atoms with van der Waals surface area (Å²) in [6.07, 6.45) is 0.883. The number of hydrogen-bond donors (Lipinski definition) is 2. The molecule has 2 N–H and O–H groups in total. The van der Waals surface area contributed by atoms with Crippen LogP contribution < -0.4 is 10.6 Å². The second kappa shape index (κ2) is 7.01. The molecule has 0 aliphatic heterocycles. The van der Waals surface area contributed by atoms with Crippen LogP contribution in [-0.2, 0) is 11.2 Å². The van der Waals surface area contributed by atoms with Crippen molar-refractivity contribution in [3.63, 3.8) is 0 Å². The van der Waals surface area contributed by atoms with Crippen molar-refractivity contribution in [2.24, 2.45) is 0 Å². The van der Waals surface area contributed by atoms with Gasteiger partial charge in [-0.25, -0.2) is 0 Å². The summed E-state index contributed by atoms with van der Waals surface area (Å²) in [6, 6.07) is 10.5. The number of carbonyl (C=O) groups excluding carboxylic acids is 1. The molecule has 88 valence electrons. The lowest BCUT2D eigenvalue weighted by atomic mass is 10.1. The van der Waals surface area contributed by atoms with Gasteiger partial charge in [-0.1, -0.05) is 44.2 Å². The molecule has 0 aliphatic carbocycles. The molecule has 0 heterocycles. The maximum atomic E-state index is 11.4. The molecule has 1 amide bonds. The summed E-state index contributed by atoms with van der Waals surface area (Å²) in [5, 5.41) is 5.97. The molecular formula is C13H20N2O. The average Bonchev–Trinajstić information content (AvgIpc) is 2.28. The van der Waals surface area contributed by atoms with Crippen molar-refractivity contribution in [3.05, 3.63) is 35.9 Å². The molecule has 0 aromatic heterocycles. The van der Waals surface area contributed by atoms with Crippen LogP contribution in [0.5, 0.6) is 0 Å². The summed E-state index contributed by atoms with van der Waals surface area (Å²) in [5.41, 5.74) is 1.25. The highest BCUT2D eigenvalue weighted by molar-refractivity contribution is 5.77. The lowest BCUT2D eigenvalue weighted by Crippen LogP contribution is -2.37. The first kappa shape index (κ1) is 12.7. The normalized spacial score (nSPS) is 10.4. The average molecular weight is 220 g/mol. The van der Waals surface area contributed by atoms with Crippen molar-refractivity contribution in [2.45, 2.75) is 26.3 Å². The maximum Gasteiger partial charge on any atom is 0.233 e. The largest absolute Gasteiger partial charge is 0.355 e. The van der Waals surface area contributed by atoms with Crippen LogP contribution in [0, 0.1) is 0 Å². The highest BCUT2D eigenvalue weighted by atomic mass is 16.1. The van der Waals surface area contributed by atoms with Gasteiger partial charge in [0.1, 0.15) is 0 Å². The van der Waals surface area contributed by atoms with Crippen LogP contribution in [0.3, 0.4) is 0 Å². The van der Waals surface area contributed by atoms with Gasteiger partial charge in [0.2, 0.25) is 5.91 Å². The number of hydrogen-bond acceptors (Lipinski definition) is 2. The van der Waals surface area contributed by atoms with Crippen LogP contribution in [0.15, 0.2) is 30.3 Å². The van der Waals surface area contributed by atoms with Gasteiger partial charge in [0.05, 0.1) is 6.54 Å². The Morgan fingerprint density at radius 2 is 1.94 bits per heavy atom. The monoisotopic (exact) mass is 220 g/mol. The van der Waals surface area contributed by atoms with Crippen molar-refractivity contribution < 1.29 is 4.79 Å². The predicted octanol–water partition coefficient (Wildman–Crippen LogP) is 1.34. The van der Waals surface area contributed by atoms with Crippen molar-refractivity contribution in [2.75, 3.05) is 13.1 Å². The Bertz CT molecular complexity index is 309. The van der Waals surface area contributed by atoms with Gasteiger partial charge in [0, 0.05) is 12.6 Å². The van der Waals surface area contributed by atoms with E-state index in [1.54, 1.807) is 0 Å². The van der Waals surface area contributed by atoms with E-state index in [0.29, 0.717) is 19.1 Å². The van der Waals surface area contributed by atoms with E-state index in [0.717, 1.165) is 6.42 Å². The minimum Gasteiger partial charge on any atom is -0.355 e. The molecule has 0 fully saturated rings. The summed E-state index contributed by atoms with van der Waals surface area (Å²) >= 11 is 0. The van der Waals surface area contributed by atoms with E-state index >= 15 is 0 Å². The molecule has 0 saturated carbocycles. The minimum atomic E-state index is 0.0598. The fourth-order valence-electron chi connectivity index (χ4n) is 1.35. The molecule has 0 saturated heterocycles. The first-order chi connectivity index (χ1) is 7.68. The van der Waals surface area contributed by atoms with Crippen LogP contribution in [0.4, 0.5) is 0 Å². The Balaban J connectivity index is 2.13. The summed E-state index contributed by atoms with van der Waals surface area (Å²) in [6.45, 7) is 5.14. The van der Waals surface area contributed by atoms with Gasteiger partial charge in [-0.3, -0.25) is 4.79 Å². The fraction of sp³-hybridized carbons (Fsp3) is 0.462. The zero-order valence-electron chi connectivity index (χ0n) is 9.99. The smallest absolute Gasteiger partial charge is 0.233 e. The van der Waals surface area contributed by atoms with Crippen molar-refractivity contribution in [1.82, 2.24) is 10.6 Å². The Kier molecular flexibility index (Phi) is 5.57. The van der Waals surface area contributed by atoms with Crippen LogP contribution in [0.2, 0.25) is 0 Å². The highest BCUT2D eigenvalue weighted by Gasteiger charge is 2.01. The first-order valence-corrected chi connectivity index (χ1v) is 5.72. The molecule has 0 radical (unpaired) electrons. The topological polar surface area (TPSA) is 41.1 Å². The lowest BCUT2D eigenvalue weighted by Gasteiger charge is -2.08. The zero-order valence-corrected chi connectivity index (χ0v) is 9.99. The Hall–Kier alpha value is -1.35. The maximum absolute atomic E-state index is 11.4. The van der Waals surface area contributed by atoms with E-state index in [9.17, 15) is 4.79 Å². The summed E-state index contributed by atoms with van der Waals surface area (Å²) in [5.74, 6) is 0.0598. The Morgan fingerprint density at radius 1 is 1.25 bits per heavy atom. The molecule has 0 unspecified atom stereocenters. The molecule has 0 aliphatic rings. The third-order valence-corrected chi connectivity index (χ3v) is 2.25. The molecule has 0 bridgehead atoms. The summed E-state index contributed by atoms with van der Waals surface area (Å²) in [7, 11) is 0.